The Balaban J connectivity index is 1.40. The van der Waals surface area contributed by atoms with Crippen molar-refractivity contribution in [2.75, 3.05) is 5.73 Å². The molecule has 3 aromatic heterocycles. The molecule has 11 heteroatoms. The Hall–Kier alpha value is -3.40. The lowest BCUT2D eigenvalue weighted by Gasteiger charge is -2.32. The van der Waals surface area contributed by atoms with Crippen LogP contribution in [0.3, 0.4) is 0 Å². The number of anilines is 1. The smallest absolute Gasteiger partial charge is 0.276 e. The highest BCUT2D eigenvalue weighted by atomic mass is 35.5. The SMILES string of the molecule is Nc1nc(-c2c(F)cccc2Cl)[nH]c1-c1ccc(-c2nc(C3CC(F)(F)C3)no2)nc1. The molecule has 0 unspecified atom stereocenters. The molecular weight excluding hydrogens is 433 g/mol. The van der Waals surface area contributed by atoms with Crippen LogP contribution in [0.5, 0.6) is 0 Å². The highest BCUT2D eigenvalue weighted by molar-refractivity contribution is 6.33. The van der Waals surface area contributed by atoms with Crippen LogP contribution in [0.25, 0.3) is 34.2 Å². The molecule has 158 valence electrons. The van der Waals surface area contributed by atoms with Crippen LogP contribution in [0.2, 0.25) is 5.02 Å². The summed E-state index contributed by atoms with van der Waals surface area (Å²) in [5, 5.41) is 3.98. The van der Waals surface area contributed by atoms with E-state index in [-0.39, 0.29) is 46.8 Å². The predicted octanol–water partition coefficient (Wildman–Crippen LogP) is 5.08. The molecule has 1 aliphatic carbocycles. The van der Waals surface area contributed by atoms with Crippen LogP contribution in [0.4, 0.5) is 19.0 Å². The van der Waals surface area contributed by atoms with Crippen LogP contribution in [-0.4, -0.2) is 31.0 Å². The maximum Gasteiger partial charge on any atom is 0.276 e. The van der Waals surface area contributed by atoms with Crippen LogP contribution in [0, 0.1) is 5.82 Å². The number of nitrogens with one attached hydrogen (secondary N) is 1. The largest absolute Gasteiger partial charge is 0.382 e. The number of imidazole rings is 1. The number of benzene rings is 1. The zero-order chi connectivity index (χ0) is 21.8. The summed E-state index contributed by atoms with van der Waals surface area (Å²) < 4.78 is 45.5. The van der Waals surface area contributed by atoms with Gasteiger partial charge in [-0.1, -0.05) is 22.8 Å². The van der Waals surface area contributed by atoms with Crippen molar-refractivity contribution in [1.82, 2.24) is 25.1 Å². The van der Waals surface area contributed by atoms with Crippen molar-refractivity contribution in [3.8, 4) is 34.2 Å². The number of nitrogens with zero attached hydrogens (tertiary/aromatic N) is 4. The normalized spacial score (nSPS) is 15.7. The van der Waals surface area contributed by atoms with Crippen molar-refractivity contribution in [3.63, 3.8) is 0 Å². The molecule has 0 atom stereocenters. The Morgan fingerprint density at radius 1 is 1.16 bits per heavy atom. The van der Waals surface area contributed by atoms with E-state index in [2.05, 4.69) is 25.1 Å². The fourth-order valence-corrected chi connectivity index (χ4v) is 3.72. The Bertz CT molecular complexity index is 1240. The van der Waals surface area contributed by atoms with E-state index in [0.29, 0.717) is 17.0 Å². The minimum atomic E-state index is -2.67. The van der Waals surface area contributed by atoms with Gasteiger partial charge in [0, 0.05) is 30.5 Å². The number of nitrogen functional groups attached to an aromatic ring is 1. The molecule has 5 rings (SSSR count). The molecule has 31 heavy (non-hydrogen) atoms. The van der Waals surface area contributed by atoms with E-state index in [0.717, 1.165) is 0 Å². The summed E-state index contributed by atoms with van der Waals surface area (Å²) in [6.45, 7) is 0. The number of nitrogens with two attached hydrogens (primary N) is 1. The molecule has 0 amide bonds. The lowest BCUT2D eigenvalue weighted by molar-refractivity contribution is -0.0888. The van der Waals surface area contributed by atoms with Crippen LogP contribution >= 0.6 is 11.6 Å². The van der Waals surface area contributed by atoms with Crippen LogP contribution in [0.15, 0.2) is 41.1 Å². The molecule has 1 aliphatic rings. The van der Waals surface area contributed by atoms with Crippen LogP contribution in [-0.2, 0) is 0 Å². The van der Waals surface area contributed by atoms with Gasteiger partial charge in [0.2, 0.25) is 5.92 Å². The third kappa shape index (κ3) is 3.52. The standard InChI is InChI=1S/C20H14ClF3N6O/c21-11-2-1-3-12(22)14(11)18-27-15(16(25)28-18)9-4-5-13(26-8-9)19-29-17(30-31-19)10-6-20(23,24)7-10/h1-5,8,10H,6-7,25H2,(H,27,28). The number of H-pyrrole nitrogens is 1. The van der Waals surface area contributed by atoms with Gasteiger partial charge in [-0.25, -0.2) is 18.2 Å². The molecule has 4 aromatic rings. The highest BCUT2D eigenvalue weighted by Crippen LogP contribution is 2.47. The number of aromatic amines is 1. The van der Waals surface area contributed by atoms with E-state index < -0.39 is 17.7 Å². The molecule has 0 spiro atoms. The summed E-state index contributed by atoms with van der Waals surface area (Å²) >= 11 is 6.10. The van der Waals surface area contributed by atoms with Crippen molar-refractivity contribution < 1.29 is 17.7 Å². The van der Waals surface area contributed by atoms with Crippen molar-refractivity contribution >= 4 is 17.4 Å². The molecule has 1 saturated carbocycles. The average Bonchev–Trinajstić information content (AvgIpc) is 3.33. The molecule has 1 fully saturated rings. The van der Waals surface area contributed by atoms with Gasteiger partial charge < -0.3 is 15.2 Å². The van der Waals surface area contributed by atoms with Crippen molar-refractivity contribution in [2.24, 2.45) is 0 Å². The Morgan fingerprint density at radius 2 is 1.97 bits per heavy atom. The van der Waals surface area contributed by atoms with E-state index in [1.54, 1.807) is 18.2 Å². The van der Waals surface area contributed by atoms with Gasteiger partial charge in [-0.2, -0.15) is 4.98 Å². The second kappa shape index (κ2) is 7.09. The summed E-state index contributed by atoms with van der Waals surface area (Å²) in [7, 11) is 0. The second-order valence-electron chi connectivity index (χ2n) is 7.29. The third-order valence-electron chi connectivity index (χ3n) is 5.10. The zero-order valence-corrected chi connectivity index (χ0v) is 16.5. The molecule has 7 nitrogen and oxygen atoms in total. The number of hydrogen-bond acceptors (Lipinski definition) is 6. The second-order valence-corrected chi connectivity index (χ2v) is 7.70. The molecule has 0 aliphatic heterocycles. The molecule has 0 radical (unpaired) electrons. The van der Waals surface area contributed by atoms with Gasteiger partial charge in [0.1, 0.15) is 23.2 Å². The minimum absolute atomic E-state index is 0.117. The van der Waals surface area contributed by atoms with Gasteiger partial charge in [-0.3, -0.25) is 4.98 Å². The van der Waals surface area contributed by atoms with E-state index in [1.165, 1.54) is 18.3 Å². The van der Waals surface area contributed by atoms with Gasteiger partial charge in [0.15, 0.2) is 5.82 Å². The summed E-state index contributed by atoms with van der Waals surface area (Å²) in [6, 6.07) is 7.65. The maximum absolute atomic E-state index is 14.2. The number of alkyl halides is 2. The Morgan fingerprint density at radius 3 is 2.65 bits per heavy atom. The topological polar surface area (TPSA) is 107 Å². The summed E-state index contributed by atoms with van der Waals surface area (Å²) in [6.07, 6.45) is 0.935. The van der Waals surface area contributed by atoms with Gasteiger partial charge in [-0.05, 0) is 24.3 Å². The summed E-state index contributed by atoms with van der Waals surface area (Å²) in [4.78, 5) is 15.6. The Labute approximate surface area is 178 Å². The highest BCUT2D eigenvalue weighted by Gasteiger charge is 2.48. The molecule has 0 saturated heterocycles. The van der Waals surface area contributed by atoms with E-state index in [9.17, 15) is 13.2 Å². The number of aromatic nitrogens is 5. The average molecular weight is 447 g/mol. The molecular formula is C20H14ClF3N6O. The fraction of sp³-hybridized carbons (Fsp3) is 0.200. The van der Waals surface area contributed by atoms with E-state index >= 15 is 0 Å². The summed E-state index contributed by atoms with van der Waals surface area (Å²) in [5.74, 6) is -2.89. The third-order valence-corrected chi connectivity index (χ3v) is 5.41. The predicted molar refractivity (Wildman–Crippen MR) is 107 cm³/mol. The first-order chi connectivity index (χ1) is 14.8. The first-order valence-corrected chi connectivity index (χ1v) is 9.66. The lowest BCUT2D eigenvalue weighted by atomic mass is 9.81. The van der Waals surface area contributed by atoms with Crippen molar-refractivity contribution in [1.29, 1.82) is 0 Å². The summed E-state index contributed by atoms with van der Waals surface area (Å²) in [5.41, 5.74) is 7.53. The first-order valence-electron chi connectivity index (χ1n) is 9.29. The van der Waals surface area contributed by atoms with E-state index in [1.807, 2.05) is 0 Å². The zero-order valence-electron chi connectivity index (χ0n) is 15.7. The molecule has 3 heterocycles. The van der Waals surface area contributed by atoms with Crippen LogP contribution < -0.4 is 5.73 Å². The molecule has 3 N–H and O–H groups in total. The van der Waals surface area contributed by atoms with Crippen molar-refractivity contribution in [3.05, 3.63) is 53.2 Å². The maximum atomic E-state index is 14.2. The van der Waals surface area contributed by atoms with Gasteiger partial charge in [0.25, 0.3) is 5.89 Å². The quantitative estimate of drug-likeness (QED) is 0.453. The van der Waals surface area contributed by atoms with E-state index in [4.69, 9.17) is 21.9 Å². The fourth-order valence-electron chi connectivity index (χ4n) is 3.47. The van der Waals surface area contributed by atoms with Crippen molar-refractivity contribution in [2.45, 2.75) is 24.7 Å². The number of hydrogen-bond donors (Lipinski definition) is 2. The number of rotatable bonds is 4. The number of halogens is 4. The van der Waals surface area contributed by atoms with Gasteiger partial charge in [0.05, 0.1) is 16.3 Å². The van der Waals surface area contributed by atoms with Gasteiger partial charge >= 0.3 is 0 Å². The minimum Gasteiger partial charge on any atom is -0.382 e. The monoisotopic (exact) mass is 446 g/mol. The van der Waals surface area contributed by atoms with Gasteiger partial charge in [-0.15, -0.1) is 0 Å². The Kier molecular flexibility index (Phi) is 4.47. The lowest BCUT2D eigenvalue weighted by Crippen LogP contribution is -2.34. The van der Waals surface area contributed by atoms with Crippen LogP contribution in [0.1, 0.15) is 24.6 Å². The number of pyridine rings is 1. The molecule has 1 aromatic carbocycles. The molecule has 0 bridgehead atoms. The first kappa shape index (κ1) is 19.6.